The molecule has 3 aromatic carbocycles. The lowest BCUT2D eigenvalue weighted by Gasteiger charge is -2.27. The van der Waals surface area contributed by atoms with Gasteiger partial charge in [-0.25, -0.2) is 13.2 Å². The fourth-order valence-corrected chi connectivity index (χ4v) is 5.57. The van der Waals surface area contributed by atoms with Gasteiger partial charge in [0.1, 0.15) is 0 Å². The monoisotopic (exact) mass is 582 g/mol. The fourth-order valence-electron chi connectivity index (χ4n) is 5.57. The highest BCUT2D eigenvalue weighted by Crippen LogP contribution is 2.33. The molecule has 1 fully saturated rings. The van der Waals surface area contributed by atoms with E-state index in [9.17, 15) is 8.78 Å². The third-order valence-corrected chi connectivity index (χ3v) is 8.08. The lowest BCUT2D eigenvalue weighted by molar-refractivity contribution is 0.00824. The van der Waals surface area contributed by atoms with Gasteiger partial charge in [-0.05, 0) is 55.4 Å². The van der Waals surface area contributed by atoms with Gasteiger partial charge in [-0.3, -0.25) is 0 Å². The molecule has 6 heteroatoms. The molecule has 0 bridgehead atoms. The lowest BCUT2D eigenvalue weighted by Crippen LogP contribution is -2.24. The molecular weight excluding hydrogens is 540 g/mol. The van der Waals surface area contributed by atoms with Crippen molar-refractivity contribution >= 4 is 6.08 Å². The molecule has 3 aromatic rings. The smallest absolute Gasteiger partial charge is 0.201 e. The maximum absolute atomic E-state index is 15.1. The van der Waals surface area contributed by atoms with Crippen LogP contribution in [-0.4, -0.2) is 19.3 Å². The van der Waals surface area contributed by atoms with E-state index >= 15 is 8.78 Å². The number of unbranched alkanes of at least 4 members (excludes halogenated alkanes) is 6. The number of benzene rings is 3. The summed E-state index contributed by atoms with van der Waals surface area (Å²) in [6, 6.07) is 12.1. The van der Waals surface area contributed by atoms with Gasteiger partial charge in [0, 0.05) is 16.7 Å². The highest BCUT2D eigenvalue weighted by Gasteiger charge is 2.21. The van der Waals surface area contributed by atoms with Crippen molar-refractivity contribution in [1.82, 2.24) is 0 Å². The van der Waals surface area contributed by atoms with Crippen molar-refractivity contribution in [3.8, 4) is 28.0 Å². The molecule has 0 saturated carbocycles. The van der Waals surface area contributed by atoms with Gasteiger partial charge in [-0.2, -0.15) is 4.39 Å². The van der Waals surface area contributed by atoms with E-state index in [1.807, 2.05) is 6.08 Å². The molecule has 4 rings (SSSR count). The number of ether oxygens (including phenoxy) is 2. The Balaban J connectivity index is 1.32. The van der Waals surface area contributed by atoms with Crippen LogP contribution in [0.25, 0.3) is 28.3 Å². The fraction of sp³-hybridized carbons (Fsp3) is 0.444. The van der Waals surface area contributed by atoms with E-state index in [1.54, 1.807) is 43.3 Å². The average Bonchev–Trinajstić information content (AvgIpc) is 3.01. The van der Waals surface area contributed by atoms with Crippen LogP contribution in [0.3, 0.4) is 0 Å². The van der Waals surface area contributed by atoms with Crippen LogP contribution in [0.5, 0.6) is 5.75 Å². The SMILES string of the molecule is CCCCCCCCCC1CCC(/C=C/c2ccc(-c3ccc(-c4ccc(OCC)c(F)c4F)cc3)c(F)c2F)OC1. The summed E-state index contributed by atoms with van der Waals surface area (Å²) in [6.45, 7) is 4.85. The van der Waals surface area contributed by atoms with Crippen LogP contribution in [0.1, 0.15) is 83.6 Å². The summed E-state index contributed by atoms with van der Waals surface area (Å²) in [4.78, 5) is 0. The van der Waals surface area contributed by atoms with Gasteiger partial charge in [-0.1, -0.05) is 100 Å². The lowest BCUT2D eigenvalue weighted by atomic mass is 9.92. The van der Waals surface area contributed by atoms with Gasteiger partial charge in [0.15, 0.2) is 23.2 Å². The Morgan fingerprint density at radius 1 is 0.714 bits per heavy atom. The summed E-state index contributed by atoms with van der Waals surface area (Å²) < 4.78 is 70.1. The molecule has 2 unspecified atom stereocenters. The van der Waals surface area contributed by atoms with Gasteiger partial charge in [0.25, 0.3) is 0 Å². The van der Waals surface area contributed by atoms with Crippen LogP contribution in [-0.2, 0) is 4.74 Å². The molecule has 1 aliphatic rings. The summed E-state index contributed by atoms with van der Waals surface area (Å²) in [5, 5.41) is 0. The zero-order chi connectivity index (χ0) is 29.9. The van der Waals surface area contributed by atoms with E-state index in [-0.39, 0.29) is 35.2 Å². The molecule has 2 nitrogen and oxygen atoms in total. The molecule has 2 atom stereocenters. The number of halogens is 4. The minimum absolute atomic E-state index is 0.0590. The van der Waals surface area contributed by atoms with Gasteiger partial charge in [0.2, 0.25) is 5.82 Å². The first-order valence-electron chi connectivity index (χ1n) is 15.4. The van der Waals surface area contributed by atoms with Crippen LogP contribution in [0, 0.1) is 29.2 Å². The van der Waals surface area contributed by atoms with Crippen LogP contribution in [0.15, 0.2) is 54.6 Å². The third-order valence-electron chi connectivity index (χ3n) is 8.08. The zero-order valence-corrected chi connectivity index (χ0v) is 24.7. The molecule has 1 aliphatic heterocycles. The Hall–Kier alpha value is -3.12. The minimum atomic E-state index is -1.06. The van der Waals surface area contributed by atoms with Crippen LogP contribution in [0.2, 0.25) is 0 Å². The topological polar surface area (TPSA) is 18.5 Å². The van der Waals surface area contributed by atoms with E-state index in [2.05, 4.69) is 6.92 Å². The molecular formula is C36H42F4O2. The van der Waals surface area contributed by atoms with Gasteiger partial charge >= 0.3 is 0 Å². The summed E-state index contributed by atoms with van der Waals surface area (Å²) in [6.07, 6.45) is 15.6. The maximum atomic E-state index is 15.1. The summed E-state index contributed by atoms with van der Waals surface area (Å²) >= 11 is 0. The molecule has 0 N–H and O–H groups in total. The van der Waals surface area contributed by atoms with Crippen molar-refractivity contribution < 1.29 is 27.0 Å². The number of hydrogen-bond acceptors (Lipinski definition) is 2. The van der Waals surface area contributed by atoms with Crippen molar-refractivity contribution in [1.29, 1.82) is 0 Å². The van der Waals surface area contributed by atoms with Gasteiger partial charge in [0.05, 0.1) is 19.3 Å². The van der Waals surface area contributed by atoms with Crippen molar-refractivity contribution in [3.63, 3.8) is 0 Å². The van der Waals surface area contributed by atoms with Crippen molar-refractivity contribution in [3.05, 3.63) is 83.4 Å². The first kappa shape index (κ1) is 31.8. The predicted molar refractivity (Wildman–Crippen MR) is 162 cm³/mol. The largest absolute Gasteiger partial charge is 0.491 e. The number of hydrogen-bond donors (Lipinski definition) is 0. The molecule has 42 heavy (non-hydrogen) atoms. The second kappa shape index (κ2) is 15.9. The van der Waals surface area contributed by atoms with Gasteiger partial charge < -0.3 is 9.47 Å². The van der Waals surface area contributed by atoms with Crippen LogP contribution < -0.4 is 4.74 Å². The molecule has 0 spiro atoms. The van der Waals surface area contributed by atoms with E-state index in [4.69, 9.17) is 9.47 Å². The second-order valence-electron chi connectivity index (χ2n) is 11.2. The molecule has 1 heterocycles. The normalized spacial score (nSPS) is 17.2. The molecule has 0 amide bonds. The Kier molecular flexibility index (Phi) is 12.1. The van der Waals surface area contributed by atoms with E-state index in [1.165, 1.54) is 69.6 Å². The zero-order valence-electron chi connectivity index (χ0n) is 24.7. The van der Waals surface area contributed by atoms with Crippen molar-refractivity contribution in [2.24, 2.45) is 5.92 Å². The van der Waals surface area contributed by atoms with Crippen LogP contribution in [0.4, 0.5) is 17.6 Å². The maximum Gasteiger partial charge on any atom is 0.201 e. The van der Waals surface area contributed by atoms with E-state index < -0.39 is 23.3 Å². The highest BCUT2D eigenvalue weighted by atomic mass is 19.2. The summed E-state index contributed by atoms with van der Waals surface area (Å²) in [5.41, 5.74) is 1.16. The molecule has 0 aliphatic carbocycles. The molecule has 0 radical (unpaired) electrons. The predicted octanol–water partition coefficient (Wildman–Crippen LogP) is 10.9. The quantitative estimate of drug-likeness (QED) is 0.139. The third kappa shape index (κ3) is 8.25. The highest BCUT2D eigenvalue weighted by molar-refractivity contribution is 5.72. The van der Waals surface area contributed by atoms with Crippen molar-refractivity contribution in [2.45, 2.75) is 84.2 Å². The summed E-state index contributed by atoms with van der Waals surface area (Å²) in [7, 11) is 0. The van der Waals surface area contributed by atoms with Crippen LogP contribution >= 0.6 is 0 Å². The Bertz CT molecular complexity index is 1310. The Morgan fingerprint density at radius 2 is 1.33 bits per heavy atom. The van der Waals surface area contributed by atoms with Crippen molar-refractivity contribution in [2.75, 3.05) is 13.2 Å². The Labute approximate surface area is 247 Å². The van der Waals surface area contributed by atoms with E-state index in [0.29, 0.717) is 23.7 Å². The van der Waals surface area contributed by atoms with Gasteiger partial charge in [-0.15, -0.1) is 0 Å². The average molecular weight is 583 g/mol. The summed E-state index contributed by atoms with van der Waals surface area (Å²) in [5.74, 6) is -3.54. The first-order valence-corrected chi connectivity index (χ1v) is 15.4. The Morgan fingerprint density at radius 3 is 1.95 bits per heavy atom. The minimum Gasteiger partial charge on any atom is -0.491 e. The molecule has 0 aromatic heterocycles. The first-order chi connectivity index (χ1) is 20.4. The number of rotatable bonds is 14. The van der Waals surface area contributed by atoms with E-state index in [0.717, 1.165) is 12.8 Å². The molecule has 226 valence electrons. The molecule has 1 saturated heterocycles. The second-order valence-corrected chi connectivity index (χ2v) is 11.2. The standard InChI is InChI=1S/C36H42F4O2/c1-3-5-6-7-8-9-10-11-25-12-19-29(42-24-25)20-17-28-18-21-30(34(38)33(28)37)26-13-15-27(16-14-26)31-22-23-32(41-4-2)36(40)35(31)39/h13-18,20-23,25,29H,3-12,19,24H2,1-2H3/b20-17+.